The molecule has 1 aromatic rings. The summed E-state index contributed by atoms with van der Waals surface area (Å²) in [6.45, 7) is 4.90. The fourth-order valence-electron chi connectivity index (χ4n) is 2.73. The molecule has 0 aliphatic carbocycles. The third-order valence-corrected chi connectivity index (χ3v) is 5.48. The van der Waals surface area contributed by atoms with Crippen molar-refractivity contribution in [2.24, 2.45) is 0 Å². The van der Waals surface area contributed by atoms with E-state index in [1.54, 1.807) is 4.90 Å². The van der Waals surface area contributed by atoms with Gasteiger partial charge in [0.05, 0.1) is 16.4 Å². The van der Waals surface area contributed by atoms with E-state index < -0.39 is 10.0 Å². The van der Waals surface area contributed by atoms with Crippen LogP contribution in [0.3, 0.4) is 0 Å². The van der Waals surface area contributed by atoms with Gasteiger partial charge in [0.1, 0.15) is 0 Å². The maximum atomic E-state index is 12.8. The van der Waals surface area contributed by atoms with E-state index in [1.807, 2.05) is 13.8 Å². The van der Waals surface area contributed by atoms with Crippen LogP contribution in [0, 0.1) is 0 Å². The normalized spacial score (nSPS) is 19.3. The number of carbonyl (C=O) groups excluding carboxylic acids is 1. The molecule has 1 aliphatic heterocycles. The van der Waals surface area contributed by atoms with Crippen molar-refractivity contribution in [3.05, 3.63) is 15.9 Å². The molecule has 0 radical (unpaired) electrons. The minimum Gasteiger partial charge on any atom is -0.333 e. The highest BCUT2D eigenvalue weighted by molar-refractivity contribution is 9.10. The van der Waals surface area contributed by atoms with Gasteiger partial charge >= 0.3 is 0 Å². The lowest BCUT2D eigenvalue weighted by Gasteiger charge is -2.35. The van der Waals surface area contributed by atoms with Crippen molar-refractivity contribution >= 4 is 31.9 Å². The Bertz CT molecular complexity index is 672. The van der Waals surface area contributed by atoms with Crippen molar-refractivity contribution in [1.29, 1.82) is 0 Å². The molecule has 1 unspecified atom stereocenters. The van der Waals surface area contributed by atoms with Gasteiger partial charge in [0.2, 0.25) is 10.0 Å². The molecule has 23 heavy (non-hydrogen) atoms. The summed E-state index contributed by atoms with van der Waals surface area (Å²) in [5, 5.41) is 7.06. The van der Waals surface area contributed by atoms with Crippen LogP contribution >= 0.6 is 15.9 Å². The molecule has 9 heteroatoms. The van der Waals surface area contributed by atoms with Gasteiger partial charge in [0.25, 0.3) is 5.91 Å². The largest absolute Gasteiger partial charge is 0.333 e. The fourth-order valence-corrected chi connectivity index (χ4v) is 4.03. The Morgan fingerprint density at radius 2 is 2.17 bits per heavy atom. The van der Waals surface area contributed by atoms with Crippen molar-refractivity contribution < 1.29 is 13.2 Å². The second-order valence-corrected chi connectivity index (χ2v) is 8.85. The van der Waals surface area contributed by atoms with Crippen LogP contribution < -0.4 is 4.72 Å². The Balaban J connectivity index is 2.18. The monoisotopic (exact) mass is 406 g/mol. The lowest BCUT2D eigenvalue weighted by molar-refractivity contribution is 0.0611. The van der Waals surface area contributed by atoms with Crippen LogP contribution in [0.1, 0.15) is 55.2 Å². The Hall–Kier alpha value is -0.930. The second kappa shape index (κ2) is 7.31. The summed E-state index contributed by atoms with van der Waals surface area (Å²) in [4.78, 5) is 14.6. The minimum absolute atomic E-state index is 0.142. The summed E-state index contributed by atoms with van der Waals surface area (Å²) in [7, 11) is -3.27. The van der Waals surface area contributed by atoms with Crippen LogP contribution in [-0.2, 0) is 10.0 Å². The Morgan fingerprint density at radius 1 is 1.48 bits per heavy atom. The third-order valence-electron chi connectivity index (χ3n) is 3.98. The van der Waals surface area contributed by atoms with E-state index >= 15 is 0 Å². The van der Waals surface area contributed by atoms with E-state index in [1.165, 1.54) is 0 Å². The van der Waals surface area contributed by atoms with E-state index in [0.717, 1.165) is 31.2 Å². The number of carbonyl (C=O) groups is 1. The number of H-pyrrole nitrogens is 1. The van der Waals surface area contributed by atoms with E-state index in [4.69, 9.17) is 0 Å². The number of likely N-dealkylation sites (tertiary alicyclic amines) is 1. The molecule has 0 saturated carbocycles. The number of halogens is 1. The van der Waals surface area contributed by atoms with Gasteiger partial charge in [-0.05, 0) is 41.1 Å². The standard InChI is InChI=1S/C14H23BrN4O3S/c1-9(2)12-11(15)13(18-17-12)14(20)19-7-5-4-6-10(19)8-16-23(3,21)22/h9-10,16H,4-8H2,1-3H3,(H,17,18). The molecule has 1 saturated heterocycles. The number of hydrogen-bond donors (Lipinski definition) is 2. The first-order chi connectivity index (χ1) is 10.7. The molecule has 0 aromatic carbocycles. The molecule has 2 heterocycles. The van der Waals surface area contributed by atoms with Crippen LogP contribution in [0.5, 0.6) is 0 Å². The summed E-state index contributed by atoms with van der Waals surface area (Å²) in [6.07, 6.45) is 3.81. The van der Waals surface area contributed by atoms with Gasteiger partial charge in [-0.2, -0.15) is 5.10 Å². The molecule has 0 spiro atoms. The second-order valence-electron chi connectivity index (χ2n) is 6.22. The van der Waals surface area contributed by atoms with E-state index in [0.29, 0.717) is 16.7 Å². The molecule has 2 rings (SSSR count). The van der Waals surface area contributed by atoms with Gasteiger partial charge < -0.3 is 4.90 Å². The number of nitrogens with one attached hydrogen (secondary N) is 2. The average molecular weight is 407 g/mol. The van der Waals surface area contributed by atoms with E-state index in [2.05, 4.69) is 30.8 Å². The number of piperidine rings is 1. The van der Waals surface area contributed by atoms with Crippen molar-refractivity contribution in [2.75, 3.05) is 19.3 Å². The van der Waals surface area contributed by atoms with Crippen LogP contribution in [0.2, 0.25) is 0 Å². The maximum absolute atomic E-state index is 12.8. The molecule has 1 aromatic heterocycles. The molecule has 1 atom stereocenters. The summed E-state index contributed by atoms with van der Waals surface area (Å²) >= 11 is 3.46. The van der Waals surface area contributed by atoms with Gasteiger partial charge in [-0.3, -0.25) is 9.89 Å². The molecule has 1 aliphatic rings. The van der Waals surface area contributed by atoms with Crippen molar-refractivity contribution in [2.45, 2.75) is 45.1 Å². The molecule has 130 valence electrons. The van der Waals surface area contributed by atoms with Crippen molar-refractivity contribution in [3.8, 4) is 0 Å². The fraction of sp³-hybridized carbons (Fsp3) is 0.714. The van der Waals surface area contributed by atoms with E-state index in [-0.39, 0.29) is 24.4 Å². The number of amides is 1. The van der Waals surface area contributed by atoms with Gasteiger partial charge in [-0.15, -0.1) is 0 Å². The lowest BCUT2D eigenvalue weighted by atomic mass is 10.0. The molecule has 7 nitrogen and oxygen atoms in total. The van der Waals surface area contributed by atoms with Gasteiger partial charge in [0, 0.05) is 19.1 Å². The molecule has 1 fully saturated rings. The smallest absolute Gasteiger partial charge is 0.275 e. The molecular formula is C14H23BrN4O3S. The van der Waals surface area contributed by atoms with Gasteiger partial charge in [-0.25, -0.2) is 13.1 Å². The highest BCUT2D eigenvalue weighted by atomic mass is 79.9. The highest BCUT2D eigenvalue weighted by Gasteiger charge is 2.31. The summed E-state index contributed by atoms with van der Waals surface area (Å²) in [6, 6.07) is -0.142. The zero-order chi connectivity index (χ0) is 17.2. The number of aromatic amines is 1. The first-order valence-corrected chi connectivity index (χ1v) is 10.4. The van der Waals surface area contributed by atoms with E-state index in [9.17, 15) is 13.2 Å². The van der Waals surface area contributed by atoms with Crippen LogP contribution in [-0.4, -0.2) is 54.8 Å². The summed E-state index contributed by atoms with van der Waals surface area (Å²) in [5.74, 6) is 0.0579. The quantitative estimate of drug-likeness (QED) is 0.779. The lowest BCUT2D eigenvalue weighted by Crippen LogP contribution is -2.49. The first kappa shape index (κ1) is 18.4. The summed E-state index contributed by atoms with van der Waals surface area (Å²) in [5.41, 5.74) is 1.25. The van der Waals surface area contributed by atoms with Gasteiger partial charge in [0.15, 0.2) is 5.69 Å². The first-order valence-electron chi connectivity index (χ1n) is 7.70. The average Bonchev–Trinajstić information content (AvgIpc) is 2.86. The minimum atomic E-state index is -3.27. The Kier molecular flexibility index (Phi) is 5.85. The maximum Gasteiger partial charge on any atom is 0.275 e. The zero-order valence-corrected chi connectivity index (χ0v) is 16.0. The number of nitrogens with zero attached hydrogens (tertiary/aromatic N) is 2. The topological polar surface area (TPSA) is 95.2 Å². The molecule has 2 N–H and O–H groups in total. The van der Waals surface area contributed by atoms with Crippen LogP contribution in [0.25, 0.3) is 0 Å². The van der Waals surface area contributed by atoms with Crippen molar-refractivity contribution in [3.63, 3.8) is 0 Å². The Labute approximate surface area is 145 Å². The zero-order valence-electron chi connectivity index (χ0n) is 13.6. The number of hydrogen-bond acceptors (Lipinski definition) is 4. The number of sulfonamides is 1. The number of aromatic nitrogens is 2. The van der Waals surface area contributed by atoms with Gasteiger partial charge in [-0.1, -0.05) is 13.8 Å². The number of rotatable bonds is 5. The van der Waals surface area contributed by atoms with Crippen molar-refractivity contribution in [1.82, 2.24) is 19.8 Å². The third kappa shape index (κ3) is 4.54. The predicted octanol–water partition coefficient (Wildman–Crippen LogP) is 1.84. The molecule has 1 amide bonds. The predicted molar refractivity (Wildman–Crippen MR) is 91.9 cm³/mol. The molecule has 0 bridgehead atoms. The van der Waals surface area contributed by atoms with Crippen LogP contribution in [0.4, 0.5) is 0 Å². The Morgan fingerprint density at radius 3 is 2.74 bits per heavy atom. The summed E-state index contributed by atoms with van der Waals surface area (Å²) < 4.78 is 25.8. The molecular weight excluding hydrogens is 384 g/mol. The SMILES string of the molecule is CC(C)c1[nH]nc(C(=O)N2CCCCC2CNS(C)(=O)=O)c1Br. The van der Waals surface area contributed by atoms with Crippen LogP contribution in [0.15, 0.2) is 4.47 Å². The highest BCUT2D eigenvalue weighted by Crippen LogP contribution is 2.28.